The van der Waals surface area contributed by atoms with Crippen LogP contribution < -0.4 is 10.5 Å². The summed E-state index contributed by atoms with van der Waals surface area (Å²) >= 11 is 5.08. The third-order valence-electron chi connectivity index (χ3n) is 4.00. The second kappa shape index (κ2) is 5.88. The van der Waals surface area contributed by atoms with Crippen LogP contribution in [0.25, 0.3) is 0 Å². The van der Waals surface area contributed by atoms with Gasteiger partial charge >= 0.3 is 0 Å². The van der Waals surface area contributed by atoms with Crippen molar-refractivity contribution in [3.05, 3.63) is 29.3 Å². The van der Waals surface area contributed by atoms with Gasteiger partial charge in [0.05, 0.1) is 12.7 Å². The lowest BCUT2D eigenvalue weighted by molar-refractivity contribution is 0.316. The highest BCUT2D eigenvalue weighted by Crippen LogP contribution is 2.25. The molecule has 1 aromatic rings. The number of rotatable bonds is 4. The third-order valence-corrected chi connectivity index (χ3v) is 4.22. The van der Waals surface area contributed by atoms with Crippen molar-refractivity contribution in [3.63, 3.8) is 0 Å². The molecule has 2 atom stereocenters. The second-order valence-corrected chi connectivity index (χ2v) is 5.99. The normalized spacial score (nSPS) is 23.5. The van der Waals surface area contributed by atoms with Gasteiger partial charge < -0.3 is 10.5 Å². The zero-order valence-electron chi connectivity index (χ0n) is 11.8. The van der Waals surface area contributed by atoms with Crippen molar-refractivity contribution in [2.45, 2.75) is 20.4 Å². The largest absolute Gasteiger partial charge is 0.496 e. The maximum atomic E-state index is 5.75. The van der Waals surface area contributed by atoms with E-state index in [1.165, 1.54) is 5.56 Å². The number of thiocarbonyl (C=S) groups is 1. The van der Waals surface area contributed by atoms with Gasteiger partial charge in [-0.05, 0) is 29.5 Å². The minimum atomic E-state index is 0.391. The molecule has 0 amide bonds. The Morgan fingerprint density at radius 3 is 2.53 bits per heavy atom. The average molecular weight is 278 g/mol. The van der Waals surface area contributed by atoms with E-state index in [-0.39, 0.29) is 0 Å². The predicted molar refractivity (Wildman–Crippen MR) is 82.5 cm³/mol. The van der Waals surface area contributed by atoms with Gasteiger partial charge in [0, 0.05) is 19.6 Å². The van der Waals surface area contributed by atoms with E-state index in [9.17, 15) is 0 Å². The van der Waals surface area contributed by atoms with Crippen LogP contribution in [0.15, 0.2) is 18.2 Å². The maximum absolute atomic E-state index is 5.75. The summed E-state index contributed by atoms with van der Waals surface area (Å²) in [5.41, 5.74) is 7.82. The van der Waals surface area contributed by atoms with Crippen LogP contribution >= 0.6 is 12.2 Å². The van der Waals surface area contributed by atoms with Crippen molar-refractivity contribution in [3.8, 4) is 5.75 Å². The highest BCUT2D eigenvalue weighted by atomic mass is 32.1. The number of hydrogen-bond acceptors (Lipinski definition) is 3. The lowest BCUT2D eigenvalue weighted by atomic mass is 10.0. The van der Waals surface area contributed by atoms with Crippen molar-refractivity contribution in [2.75, 3.05) is 20.2 Å². The van der Waals surface area contributed by atoms with E-state index in [0.717, 1.165) is 42.8 Å². The summed E-state index contributed by atoms with van der Waals surface area (Å²) in [7, 11) is 1.64. The van der Waals surface area contributed by atoms with Crippen molar-refractivity contribution >= 4 is 17.2 Å². The monoisotopic (exact) mass is 278 g/mol. The van der Waals surface area contributed by atoms with Gasteiger partial charge in [-0.1, -0.05) is 32.1 Å². The third kappa shape index (κ3) is 3.25. The van der Waals surface area contributed by atoms with Crippen molar-refractivity contribution in [1.82, 2.24) is 4.90 Å². The molecular weight excluding hydrogens is 256 g/mol. The Hall–Kier alpha value is -1.13. The molecule has 0 spiro atoms. The van der Waals surface area contributed by atoms with Crippen molar-refractivity contribution in [1.29, 1.82) is 0 Å². The molecule has 1 aliphatic rings. The van der Waals surface area contributed by atoms with Crippen molar-refractivity contribution < 1.29 is 4.74 Å². The molecule has 1 fully saturated rings. The number of nitrogens with two attached hydrogens (primary N) is 1. The van der Waals surface area contributed by atoms with Crippen LogP contribution in [0.4, 0.5) is 0 Å². The van der Waals surface area contributed by atoms with Gasteiger partial charge in [0.1, 0.15) is 10.7 Å². The Morgan fingerprint density at radius 1 is 1.37 bits per heavy atom. The molecule has 2 unspecified atom stereocenters. The molecule has 2 rings (SSSR count). The molecule has 1 saturated heterocycles. The quantitative estimate of drug-likeness (QED) is 0.859. The molecule has 0 bridgehead atoms. The Labute approximate surface area is 120 Å². The summed E-state index contributed by atoms with van der Waals surface area (Å²) in [6.45, 7) is 7.91. The SMILES string of the molecule is COc1ccc(CN2CC(C)C(C)C2)cc1C(N)=S. The highest BCUT2D eigenvalue weighted by Gasteiger charge is 2.25. The Bertz CT molecular complexity index is 465. The number of ether oxygens (including phenoxy) is 1. The fraction of sp³-hybridized carbons (Fsp3) is 0.533. The minimum absolute atomic E-state index is 0.391. The molecule has 1 aromatic carbocycles. The summed E-state index contributed by atoms with van der Waals surface area (Å²) < 4.78 is 5.28. The number of likely N-dealkylation sites (tertiary alicyclic amines) is 1. The standard InChI is InChI=1S/C15H22N2OS/c1-10-7-17(8-11(10)2)9-12-4-5-14(18-3)13(6-12)15(16)19/h4-6,10-11H,7-9H2,1-3H3,(H2,16,19). The van der Waals surface area contributed by atoms with Gasteiger partial charge in [-0.15, -0.1) is 0 Å². The van der Waals surface area contributed by atoms with Crippen LogP contribution in [0, 0.1) is 11.8 Å². The number of hydrogen-bond donors (Lipinski definition) is 1. The number of nitrogens with zero attached hydrogens (tertiary/aromatic N) is 1. The number of methoxy groups -OCH3 is 1. The molecule has 1 heterocycles. The molecule has 0 aliphatic carbocycles. The number of benzene rings is 1. The zero-order valence-corrected chi connectivity index (χ0v) is 12.7. The van der Waals surface area contributed by atoms with Gasteiger partial charge in [0.25, 0.3) is 0 Å². The molecule has 2 N–H and O–H groups in total. The zero-order chi connectivity index (χ0) is 14.0. The first-order valence-corrected chi connectivity index (χ1v) is 7.11. The van der Waals surface area contributed by atoms with E-state index < -0.39 is 0 Å². The topological polar surface area (TPSA) is 38.5 Å². The summed E-state index contributed by atoms with van der Waals surface area (Å²) in [6, 6.07) is 6.09. The lowest BCUT2D eigenvalue weighted by Gasteiger charge is -2.17. The molecule has 4 heteroatoms. The lowest BCUT2D eigenvalue weighted by Crippen LogP contribution is -2.20. The van der Waals surface area contributed by atoms with Crippen LogP contribution in [0.2, 0.25) is 0 Å². The highest BCUT2D eigenvalue weighted by molar-refractivity contribution is 7.80. The van der Waals surface area contributed by atoms with E-state index in [0.29, 0.717) is 4.99 Å². The first-order chi connectivity index (χ1) is 9.01. The molecule has 104 valence electrons. The molecule has 1 aliphatic heterocycles. The Morgan fingerprint density at radius 2 is 2.00 bits per heavy atom. The summed E-state index contributed by atoms with van der Waals surface area (Å²) in [5.74, 6) is 2.29. The van der Waals surface area contributed by atoms with Crippen LogP contribution in [0.3, 0.4) is 0 Å². The molecule has 19 heavy (non-hydrogen) atoms. The van der Waals surface area contributed by atoms with Gasteiger partial charge in [0.2, 0.25) is 0 Å². The second-order valence-electron chi connectivity index (χ2n) is 5.55. The van der Waals surface area contributed by atoms with Gasteiger partial charge in [-0.25, -0.2) is 0 Å². The minimum Gasteiger partial charge on any atom is -0.496 e. The first-order valence-electron chi connectivity index (χ1n) is 6.70. The molecule has 0 saturated carbocycles. The first kappa shape index (κ1) is 14.3. The van der Waals surface area contributed by atoms with E-state index in [2.05, 4.69) is 30.9 Å². The van der Waals surface area contributed by atoms with Crippen LogP contribution in [-0.4, -0.2) is 30.1 Å². The van der Waals surface area contributed by atoms with Crippen LogP contribution in [-0.2, 0) is 6.54 Å². The molecular formula is C15H22N2OS. The van der Waals surface area contributed by atoms with Gasteiger partial charge in [-0.2, -0.15) is 0 Å². The average Bonchev–Trinajstić information content (AvgIpc) is 2.68. The molecule has 3 nitrogen and oxygen atoms in total. The maximum Gasteiger partial charge on any atom is 0.129 e. The van der Waals surface area contributed by atoms with E-state index in [1.807, 2.05) is 6.07 Å². The summed E-state index contributed by atoms with van der Waals surface area (Å²) in [5, 5.41) is 0. The Kier molecular flexibility index (Phi) is 4.42. The van der Waals surface area contributed by atoms with E-state index in [4.69, 9.17) is 22.7 Å². The summed E-state index contributed by atoms with van der Waals surface area (Å²) in [6.07, 6.45) is 0. The smallest absolute Gasteiger partial charge is 0.129 e. The summed E-state index contributed by atoms with van der Waals surface area (Å²) in [4.78, 5) is 2.88. The van der Waals surface area contributed by atoms with Crippen LogP contribution in [0.1, 0.15) is 25.0 Å². The van der Waals surface area contributed by atoms with Crippen molar-refractivity contribution in [2.24, 2.45) is 17.6 Å². The van der Waals surface area contributed by atoms with Gasteiger partial charge in [0.15, 0.2) is 0 Å². The van der Waals surface area contributed by atoms with E-state index in [1.54, 1.807) is 7.11 Å². The predicted octanol–water partition coefficient (Wildman–Crippen LogP) is 2.42. The molecule has 0 aromatic heterocycles. The Balaban J connectivity index is 2.13. The van der Waals surface area contributed by atoms with E-state index >= 15 is 0 Å². The fourth-order valence-electron chi connectivity index (χ4n) is 2.68. The molecule has 0 radical (unpaired) electrons. The van der Waals surface area contributed by atoms with Gasteiger partial charge in [-0.3, -0.25) is 4.90 Å². The fourth-order valence-corrected chi connectivity index (χ4v) is 2.84. The van der Waals surface area contributed by atoms with Crippen LogP contribution in [0.5, 0.6) is 5.75 Å².